The van der Waals surface area contributed by atoms with Crippen LogP contribution in [0.15, 0.2) is 24.3 Å². The van der Waals surface area contributed by atoms with Crippen LogP contribution < -0.4 is 26.6 Å². The SMILES string of the molecule is O=CNCCNCc1ccc(CN2CCCNCCNCCCNCC2)cc1. The fraction of sp³-hybridized carbons (Fsp3) is 0.667. The van der Waals surface area contributed by atoms with Gasteiger partial charge in [-0.15, -0.1) is 0 Å². The average Bonchev–Trinajstić information content (AvgIpc) is 2.72. The van der Waals surface area contributed by atoms with Crippen LogP contribution in [0.25, 0.3) is 0 Å². The van der Waals surface area contributed by atoms with Crippen molar-refractivity contribution < 1.29 is 4.79 Å². The first-order valence-corrected chi connectivity index (χ1v) is 10.7. The molecule has 1 aliphatic heterocycles. The van der Waals surface area contributed by atoms with Gasteiger partial charge in [-0.1, -0.05) is 24.3 Å². The molecule has 1 saturated heterocycles. The number of nitrogens with zero attached hydrogens (tertiary/aromatic N) is 1. The molecule has 1 aromatic carbocycles. The number of rotatable bonds is 8. The van der Waals surface area contributed by atoms with Crippen molar-refractivity contribution in [3.63, 3.8) is 0 Å². The molecule has 0 bridgehead atoms. The molecule has 1 aliphatic rings. The van der Waals surface area contributed by atoms with Gasteiger partial charge in [0.05, 0.1) is 0 Å². The Morgan fingerprint density at radius 1 is 0.821 bits per heavy atom. The van der Waals surface area contributed by atoms with E-state index < -0.39 is 0 Å². The lowest BCUT2D eigenvalue weighted by atomic mass is 10.1. The van der Waals surface area contributed by atoms with E-state index in [4.69, 9.17) is 0 Å². The summed E-state index contributed by atoms with van der Waals surface area (Å²) in [5.41, 5.74) is 2.64. The molecule has 0 saturated carbocycles. The minimum atomic E-state index is 0.663. The normalized spacial score (nSPS) is 18.3. The Bertz CT molecular complexity index is 496. The molecule has 0 unspecified atom stereocenters. The molecule has 28 heavy (non-hydrogen) atoms. The van der Waals surface area contributed by atoms with Crippen LogP contribution in [0.5, 0.6) is 0 Å². The van der Waals surface area contributed by atoms with Crippen LogP contribution in [0.3, 0.4) is 0 Å². The quantitative estimate of drug-likeness (QED) is 0.315. The summed E-state index contributed by atoms with van der Waals surface area (Å²) in [6, 6.07) is 8.88. The number of hydrogen-bond donors (Lipinski definition) is 5. The molecule has 2 rings (SSSR count). The van der Waals surface area contributed by atoms with Gasteiger partial charge < -0.3 is 26.6 Å². The molecule has 1 heterocycles. The summed E-state index contributed by atoms with van der Waals surface area (Å²) in [6.07, 6.45) is 3.09. The van der Waals surface area contributed by atoms with E-state index >= 15 is 0 Å². The first-order chi connectivity index (χ1) is 13.9. The largest absolute Gasteiger partial charge is 0.357 e. The average molecular weight is 391 g/mol. The van der Waals surface area contributed by atoms with E-state index in [-0.39, 0.29) is 0 Å². The van der Waals surface area contributed by atoms with Gasteiger partial charge in [0, 0.05) is 52.4 Å². The second-order valence-corrected chi connectivity index (χ2v) is 7.30. The van der Waals surface area contributed by atoms with E-state index in [2.05, 4.69) is 55.7 Å². The summed E-state index contributed by atoms with van der Waals surface area (Å²) >= 11 is 0. The van der Waals surface area contributed by atoms with Gasteiger partial charge >= 0.3 is 0 Å². The number of amides is 1. The number of carbonyl (C=O) groups is 1. The lowest BCUT2D eigenvalue weighted by Gasteiger charge is -2.23. The smallest absolute Gasteiger partial charge is 0.207 e. The topological polar surface area (TPSA) is 80.5 Å². The Hall–Kier alpha value is -1.51. The molecular formula is C21H38N6O. The summed E-state index contributed by atoms with van der Waals surface area (Å²) < 4.78 is 0. The fourth-order valence-electron chi connectivity index (χ4n) is 3.30. The van der Waals surface area contributed by atoms with Crippen molar-refractivity contribution >= 4 is 6.41 Å². The molecule has 158 valence electrons. The molecule has 0 aliphatic carbocycles. The Balaban J connectivity index is 1.74. The van der Waals surface area contributed by atoms with Gasteiger partial charge in [0.25, 0.3) is 0 Å². The number of carbonyl (C=O) groups excluding carboxylic acids is 1. The molecule has 1 aromatic rings. The van der Waals surface area contributed by atoms with Crippen LogP contribution >= 0.6 is 0 Å². The minimum absolute atomic E-state index is 0.663. The minimum Gasteiger partial charge on any atom is -0.357 e. The molecule has 1 amide bonds. The zero-order valence-corrected chi connectivity index (χ0v) is 17.1. The number of hydrogen-bond acceptors (Lipinski definition) is 6. The van der Waals surface area contributed by atoms with Crippen LogP contribution in [0.2, 0.25) is 0 Å². The lowest BCUT2D eigenvalue weighted by molar-refractivity contribution is -0.109. The Labute approximate surface area is 170 Å². The second-order valence-electron chi connectivity index (χ2n) is 7.30. The number of nitrogens with one attached hydrogen (secondary N) is 5. The molecule has 0 radical (unpaired) electrons. The Morgan fingerprint density at radius 2 is 1.50 bits per heavy atom. The molecular weight excluding hydrogens is 352 g/mol. The second kappa shape index (κ2) is 15.4. The Morgan fingerprint density at radius 3 is 2.25 bits per heavy atom. The molecule has 0 atom stereocenters. The third-order valence-electron chi connectivity index (χ3n) is 4.91. The van der Waals surface area contributed by atoms with Gasteiger partial charge in [-0.3, -0.25) is 9.69 Å². The highest BCUT2D eigenvalue weighted by molar-refractivity contribution is 5.45. The standard InChI is InChI=1S/C21H38N6O/c28-19-26-13-12-25-17-20-3-5-21(6-4-20)18-27-15-2-9-23-11-10-22-7-1-8-24-14-16-27/h3-6,19,22-25H,1-2,7-18H2,(H,26,28). The van der Waals surface area contributed by atoms with Gasteiger partial charge in [-0.05, 0) is 50.1 Å². The molecule has 7 nitrogen and oxygen atoms in total. The van der Waals surface area contributed by atoms with Crippen molar-refractivity contribution in [1.29, 1.82) is 0 Å². The van der Waals surface area contributed by atoms with Crippen molar-refractivity contribution in [3.05, 3.63) is 35.4 Å². The van der Waals surface area contributed by atoms with Crippen molar-refractivity contribution in [2.75, 3.05) is 65.4 Å². The van der Waals surface area contributed by atoms with Crippen LogP contribution in [0, 0.1) is 0 Å². The zero-order valence-electron chi connectivity index (χ0n) is 17.1. The van der Waals surface area contributed by atoms with E-state index in [1.807, 2.05) is 0 Å². The van der Waals surface area contributed by atoms with Gasteiger partial charge in [0.15, 0.2) is 0 Å². The third-order valence-corrected chi connectivity index (χ3v) is 4.91. The molecule has 1 fully saturated rings. The third kappa shape index (κ3) is 10.7. The van der Waals surface area contributed by atoms with Crippen molar-refractivity contribution in [1.82, 2.24) is 31.5 Å². The van der Waals surface area contributed by atoms with Gasteiger partial charge in [0.2, 0.25) is 6.41 Å². The van der Waals surface area contributed by atoms with Gasteiger partial charge in [0.1, 0.15) is 0 Å². The molecule has 5 N–H and O–H groups in total. The van der Waals surface area contributed by atoms with E-state index in [9.17, 15) is 4.79 Å². The first kappa shape index (κ1) is 22.8. The molecule has 0 spiro atoms. The number of benzene rings is 1. The Kier molecular flexibility index (Phi) is 12.5. The van der Waals surface area contributed by atoms with Crippen molar-refractivity contribution in [3.8, 4) is 0 Å². The highest BCUT2D eigenvalue weighted by Gasteiger charge is 2.07. The predicted octanol–water partition coefficient (Wildman–Crippen LogP) is -0.113. The molecule has 0 aromatic heterocycles. The highest BCUT2D eigenvalue weighted by atomic mass is 16.1. The summed E-state index contributed by atoms with van der Waals surface area (Å²) in [7, 11) is 0. The van der Waals surface area contributed by atoms with Crippen LogP contribution in [-0.2, 0) is 17.9 Å². The van der Waals surface area contributed by atoms with Crippen molar-refractivity contribution in [2.24, 2.45) is 0 Å². The maximum Gasteiger partial charge on any atom is 0.207 e. The van der Waals surface area contributed by atoms with E-state index in [0.717, 1.165) is 78.4 Å². The highest BCUT2D eigenvalue weighted by Crippen LogP contribution is 2.08. The first-order valence-electron chi connectivity index (χ1n) is 10.7. The fourth-order valence-corrected chi connectivity index (χ4v) is 3.30. The summed E-state index contributed by atoms with van der Waals surface area (Å²) in [4.78, 5) is 12.8. The summed E-state index contributed by atoms with van der Waals surface area (Å²) in [5, 5.41) is 16.6. The maximum absolute atomic E-state index is 10.2. The van der Waals surface area contributed by atoms with E-state index in [1.54, 1.807) is 0 Å². The summed E-state index contributed by atoms with van der Waals surface area (Å²) in [6.45, 7) is 11.9. The maximum atomic E-state index is 10.2. The monoisotopic (exact) mass is 390 g/mol. The zero-order chi connectivity index (χ0) is 19.7. The van der Waals surface area contributed by atoms with Crippen LogP contribution in [0.4, 0.5) is 0 Å². The van der Waals surface area contributed by atoms with Gasteiger partial charge in [-0.2, -0.15) is 0 Å². The lowest BCUT2D eigenvalue weighted by Crippen LogP contribution is -2.36. The van der Waals surface area contributed by atoms with Crippen LogP contribution in [-0.4, -0.2) is 76.8 Å². The van der Waals surface area contributed by atoms with E-state index in [0.29, 0.717) is 6.54 Å². The van der Waals surface area contributed by atoms with Gasteiger partial charge in [-0.25, -0.2) is 0 Å². The van der Waals surface area contributed by atoms with Crippen molar-refractivity contribution in [2.45, 2.75) is 25.9 Å². The predicted molar refractivity (Wildman–Crippen MR) is 115 cm³/mol. The van der Waals surface area contributed by atoms with E-state index in [1.165, 1.54) is 24.0 Å². The summed E-state index contributed by atoms with van der Waals surface area (Å²) in [5.74, 6) is 0. The molecule has 7 heteroatoms. The van der Waals surface area contributed by atoms with Crippen LogP contribution in [0.1, 0.15) is 24.0 Å².